The van der Waals surface area contributed by atoms with E-state index in [0.29, 0.717) is 0 Å². The zero-order valence-corrected chi connectivity index (χ0v) is 10.5. The summed E-state index contributed by atoms with van der Waals surface area (Å²) in [6.07, 6.45) is 0.496. The molecule has 2 aromatic rings. The topological polar surface area (TPSA) is 32.3 Å². The summed E-state index contributed by atoms with van der Waals surface area (Å²) in [6, 6.07) is 14.2. The molecule has 0 fully saturated rings. The lowest BCUT2D eigenvalue weighted by Gasteiger charge is -2.17. The third-order valence-electron chi connectivity index (χ3n) is 3.66. The second-order valence-corrected chi connectivity index (χ2v) is 4.82. The van der Waals surface area contributed by atoms with E-state index in [1.54, 1.807) is 0 Å². The molecular weight excluding hydrogens is 222 g/mol. The van der Waals surface area contributed by atoms with Crippen LogP contribution >= 0.6 is 0 Å². The lowest BCUT2D eigenvalue weighted by molar-refractivity contribution is 0.220. The van der Waals surface area contributed by atoms with E-state index < -0.39 is 6.10 Å². The first-order valence-corrected chi connectivity index (χ1v) is 6.36. The Morgan fingerprint density at radius 1 is 1.06 bits per heavy atom. The first kappa shape index (κ1) is 11.3. The molecule has 2 heteroatoms. The van der Waals surface area contributed by atoms with E-state index in [1.807, 2.05) is 43.3 Å². The van der Waals surface area contributed by atoms with Crippen molar-refractivity contribution in [3.63, 3.8) is 0 Å². The maximum atomic E-state index is 10.6. The van der Waals surface area contributed by atoms with Gasteiger partial charge in [-0.15, -0.1) is 0 Å². The highest BCUT2D eigenvalue weighted by atomic mass is 16.3. The molecule has 0 aliphatic carbocycles. The standard InChI is InChI=1S/C16H17NO/c1-11-5-2-3-7-13(11)16(18)14-8-4-6-12-9-10-17-15(12)14/h2-8,16-18H,9-10H2,1H3. The second-order valence-electron chi connectivity index (χ2n) is 4.82. The lowest BCUT2D eigenvalue weighted by atomic mass is 9.95. The Labute approximate surface area is 107 Å². The van der Waals surface area contributed by atoms with Crippen molar-refractivity contribution in [1.29, 1.82) is 0 Å². The first-order chi connectivity index (χ1) is 8.77. The number of para-hydroxylation sites is 1. The zero-order valence-electron chi connectivity index (χ0n) is 10.5. The monoisotopic (exact) mass is 239 g/mol. The largest absolute Gasteiger partial charge is 0.384 e. The van der Waals surface area contributed by atoms with E-state index in [1.165, 1.54) is 5.56 Å². The Kier molecular flexibility index (Phi) is 2.80. The van der Waals surface area contributed by atoms with E-state index in [2.05, 4.69) is 11.4 Å². The quantitative estimate of drug-likeness (QED) is 0.844. The Morgan fingerprint density at radius 2 is 1.83 bits per heavy atom. The second kappa shape index (κ2) is 4.46. The summed E-state index contributed by atoms with van der Waals surface area (Å²) in [5, 5.41) is 14.0. The van der Waals surface area contributed by atoms with Crippen molar-refractivity contribution in [3.8, 4) is 0 Å². The molecule has 2 nitrogen and oxygen atoms in total. The minimum Gasteiger partial charge on any atom is -0.384 e. The smallest absolute Gasteiger partial charge is 0.106 e. The minimum atomic E-state index is -0.549. The number of aryl methyl sites for hydroxylation is 1. The van der Waals surface area contributed by atoms with Crippen LogP contribution in [0.2, 0.25) is 0 Å². The van der Waals surface area contributed by atoms with Gasteiger partial charge >= 0.3 is 0 Å². The summed E-state index contributed by atoms with van der Waals surface area (Å²) in [5.41, 5.74) is 5.52. The maximum absolute atomic E-state index is 10.6. The molecule has 0 saturated carbocycles. The summed E-state index contributed by atoms with van der Waals surface area (Å²) in [4.78, 5) is 0. The van der Waals surface area contributed by atoms with Crippen LogP contribution < -0.4 is 5.32 Å². The molecule has 1 aliphatic heterocycles. The van der Waals surface area contributed by atoms with Gasteiger partial charge in [-0.25, -0.2) is 0 Å². The number of anilines is 1. The van der Waals surface area contributed by atoms with Gasteiger partial charge in [0.1, 0.15) is 6.10 Å². The third kappa shape index (κ3) is 1.79. The molecule has 92 valence electrons. The molecule has 0 aromatic heterocycles. The van der Waals surface area contributed by atoms with Gasteiger partial charge in [0.2, 0.25) is 0 Å². The summed E-state index contributed by atoms with van der Waals surface area (Å²) in [6.45, 7) is 3.00. The van der Waals surface area contributed by atoms with E-state index in [-0.39, 0.29) is 0 Å². The lowest BCUT2D eigenvalue weighted by Crippen LogP contribution is -2.05. The number of rotatable bonds is 2. The van der Waals surface area contributed by atoms with Gasteiger partial charge in [0.15, 0.2) is 0 Å². The van der Waals surface area contributed by atoms with Gasteiger partial charge in [0, 0.05) is 17.8 Å². The number of hydrogen-bond acceptors (Lipinski definition) is 2. The Balaban J connectivity index is 2.06. The summed E-state index contributed by atoms with van der Waals surface area (Å²) in [5.74, 6) is 0. The maximum Gasteiger partial charge on any atom is 0.106 e. The summed E-state index contributed by atoms with van der Waals surface area (Å²) >= 11 is 0. The predicted molar refractivity (Wildman–Crippen MR) is 73.9 cm³/mol. The van der Waals surface area contributed by atoms with Gasteiger partial charge in [0.25, 0.3) is 0 Å². The van der Waals surface area contributed by atoms with Gasteiger partial charge in [-0.1, -0.05) is 42.5 Å². The van der Waals surface area contributed by atoms with Crippen molar-refractivity contribution in [2.45, 2.75) is 19.4 Å². The van der Waals surface area contributed by atoms with Crippen LogP contribution in [0.5, 0.6) is 0 Å². The highest BCUT2D eigenvalue weighted by Crippen LogP contribution is 2.34. The summed E-state index contributed by atoms with van der Waals surface area (Å²) < 4.78 is 0. The van der Waals surface area contributed by atoms with Crippen LogP contribution in [0.1, 0.15) is 28.4 Å². The molecule has 1 aliphatic rings. The number of aliphatic hydroxyl groups excluding tert-OH is 1. The van der Waals surface area contributed by atoms with Crippen LogP contribution in [0.3, 0.4) is 0 Å². The molecule has 1 unspecified atom stereocenters. The van der Waals surface area contributed by atoms with Crippen LogP contribution in [-0.4, -0.2) is 11.7 Å². The average molecular weight is 239 g/mol. The Bertz CT molecular complexity index is 577. The number of nitrogens with one attached hydrogen (secondary N) is 1. The van der Waals surface area contributed by atoms with Crippen molar-refractivity contribution < 1.29 is 5.11 Å². The Hall–Kier alpha value is -1.80. The molecule has 2 aromatic carbocycles. The molecular formula is C16H17NO. The number of aliphatic hydroxyl groups is 1. The fourth-order valence-electron chi connectivity index (χ4n) is 2.66. The first-order valence-electron chi connectivity index (χ1n) is 6.36. The Morgan fingerprint density at radius 3 is 2.67 bits per heavy atom. The van der Waals surface area contributed by atoms with Gasteiger partial charge in [-0.3, -0.25) is 0 Å². The molecule has 3 rings (SSSR count). The van der Waals surface area contributed by atoms with Crippen LogP contribution in [0.25, 0.3) is 0 Å². The highest BCUT2D eigenvalue weighted by molar-refractivity contribution is 5.63. The number of fused-ring (bicyclic) bond motifs is 1. The third-order valence-corrected chi connectivity index (χ3v) is 3.66. The fraction of sp³-hybridized carbons (Fsp3) is 0.250. The van der Waals surface area contributed by atoms with Gasteiger partial charge in [-0.05, 0) is 30.0 Å². The van der Waals surface area contributed by atoms with Gasteiger partial charge in [-0.2, -0.15) is 0 Å². The van der Waals surface area contributed by atoms with Gasteiger partial charge in [0.05, 0.1) is 0 Å². The number of benzene rings is 2. The minimum absolute atomic E-state index is 0.549. The van der Waals surface area contributed by atoms with Crippen LogP contribution in [0.4, 0.5) is 5.69 Å². The van der Waals surface area contributed by atoms with Crippen LogP contribution in [0.15, 0.2) is 42.5 Å². The van der Waals surface area contributed by atoms with E-state index in [9.17, 15) is 5.11 Å². The van der Waals surface area contributed by atoms with Crippen molar-refractivity contribution in [2.24, 2.45) is 0 Å². The molecule has 0 amide bonds. The molecule has 0 bridgehead atoms. The normalized spacial score (nSPS) is 15.0. The molecule has 18 heavy (non-hydrogen) atoms. The van der Waals surface area contributed by atoms with E-state index >= 15 is 0 Å². The summed E-state index contributed by atoms with van der Waals surface area (Å²) in [7, 11) is 0. The van der Waals surface area contributed by atoms with Crippen molar-refractivity contribution in [3.05, 3.63) is 64.7 Å². The highest BCUT2D eigenvalue weighted by Gasteiger charge is 2.20. The average Bonchev–Trinajstić information content (AvgIpc) is 2.86. The molecule has 0 radical (unpaired) electrons. The fourth-order valence-corrected chi connectivity index (χ4v) is 2.66. The van der Waals surface area contributed by atoms with Crippen LogP contribution in [0, 0.1) is 6.92 Å². The molecule has 0 spiro atoms. The van der Waals surface area contributed by atoms with Crippen molar-refractivity contribution in [1.82, 2.24) is 0 Å². The molecule has 1 heterocycles. The molecule has 1 atom stereocenters. The molecule has 2 N–H and O–H groups in total. The van der Waals surface area contributed by atoms with Crippen molar-refractivity contribution >= 4 is 5.69 Å². The van der Waals surface area contributed by atoms with E-state index in [0.717, 1.165) is 35.3 Å². The zero-order chi connectivity index (χ0) is 12.5. The number of hydrogen-bond donors (Lipinski definition) is 2. The van der Waals surface area contributed by atoms with Crippen molar-refractivity contribution in [2.75, 3.05) is 11.9 Å². The predicted octanol–water partition coefficient (Wildman–Crippen LogP) is 3.04. The van der Waals surface area contributed by atoms with Crippen LogP contribution in [-0.2, 0) is 6.42 Å². The van der Waals surface area contributed by atoms with Gasteiger partial charge < -0.3 is 10.4 Å². The molecule has 0 saturated heterocycles. The van der Waals surface area contributed by atoms with E-state index in [4.69, 9.17) is 0 Å². The SMILES string of the molecule is Cc1ccccc1C(O)c1cccc2c1NCC2.